The largest absolute Gasteiger partial charge is 0.460 e. The van der Waals surface area contributed by atoms with Gasteiger partial charge in [-0.15, -0.1) is 0 Å². The molecule has 3 aromatic rings. The minimum Gasteiger partial charge on any atom is -0.460 e. The van der Waals surface area contributed by atoms with Gasteiger partial charge in [0.1, 0.15) is 13.2 Å². The number of carbonyl (C=O) groups is 2. The van der Waals surface area contributed by atoms with Crippen molar-refractivity contribution in [2.24, 2.45) is 0 Å². The molecular weight excluding hydrogens is 713 g/mol. The lowest BCUT2D eigenvalue weighted by atomic mass is 10.1. The maximum atomic E-state index is 13.1. The summed E-state index contributed by atoms with van der Waals surface area (Å²) in [7, 11) is 0. The highest BCUT2D eigenvalue weighted by Crippen LogP contribution is 2.32. The molecular formula is C39H51F3N2O10. The fourth-order valence-corrected chi connectivity index (χ4v) is 4.58. The highest BCUT2D eigenvalue weighted by Gasteiger charge is 2.30. The maximum Gasteiger partial charge on any atom is 0.416 e. The van der Waals surface area contributed by atoms with Gasteiger partial charge in [0, 0.05) is 17.9 Å². The van der Waals surface area contributed by atoms with Crippen LogP contribution in [0.25, 0.3) is 0 Å². The van der Waals surface area contributed by atoms with Gasteiger partial charge in [-0.05, 0) is 61.0 Å². The minimum absolute atomic E-state index is 0.00851. The number of hydrogen-bond acceptors (Lipinski definition) is 12. The van der Waals surface area contributed by atoms with Crippen molar-refractivity contribution in [1.29, 1.82) is 0 Å². The number of hydrogen-bond donors (Lipinski definition) is 2. The highest BCUT2D eigenvalue weighted by molar-refractivity contribution is 5.96. The molecule has 54 heavy (non-hydrogen) atoms. The summed E-state index contributed by atoms with van der Waals surface area (Å²) in [6, 6.07) is 18.3. The molecule has 0 unspecified atom stereocenters. The summed E-state index contributed by atoms with van der Waals surface area (Å²) < 4.78 is 82.4. The second-order valence-corrected chi connectivity index (χ2v) is 11.6. The predicted octanol–water partition coefficient (Wildman–Crippen LogP) is 6.77. The number of halogens is 3. The van der Waals surface area contributed by atoms with Crippen LogP contribution in [-0.4, -0.2) is 111 Å². The number of para-hydroxylation sites is 1. The summed E-state index contributed by atoms with van der Waals surface area (Å²) in [6.07, 6.45) is -2.27. The number of unbranched alkanes of at least 4 members (excludes halogenated alkanes) is 1. The van der Waals surface area contributed by atoms with Gasteiger partial charge in [-0.25, -0.2) is 9.59 Å². The zero-order chi connectivity index (χ0) is 38.7. The third-order valence-corrected chi connectivity index (χ3v) is 7.38. The zero-order valence-electron chi connectivity index (χ0n) is 30.7. The first-order valence-electron chi connectivity index (χ1n) is 18.0. The number of anilines is 3. The summed E-state index contributed by atoms with van der Waals surface area (Å²) >= 11 is 0. The second-order valence-electron chi connectivity index (χ2n) is 11.6. The second kappa shape index (κ2) is 26.5. The van der Waals surface area contributed by atoms with Crippen LogP contribution < -0.4 is 10.6 Å². The molecule has 0 aliphatic rings. The van der Waals surface area contributed by atoms with Crippen molar-refractivity contribution in [1.82, 2.24) is 0 Å². The van der Waals surface area contributed by atoms with E-state index in [9.17, 15) is 22.8 Å². The van der Waals surface area contributed by atoms with Gasteiger partial charge in [0.05, 0.1) is 102 Å². The Morgan fingerprint density at radius 1 is 0.574 bits per heavy atom. The fourth-order valence-electron chi connectivity index (χ4n) is 4.58. The van der Waals surface area contributed by atoms with Crippen LogP contribution >= 0.6 is 0 Å². The molecule has 0 spiro atoms. The Labute approximate surface area is 314 Å². The molecule has 0 radical (unpaired) electrons. The molecule has 2 N–H and O–H groups in total. The quantitative estimate of drug-likeness (QED) is 0.0571. The van der Waals surface area contributed by atoms with E-state index < -0.39 is 17.7 Å². The van der Waals surface area contributed by atoms with Gasteiger partial charge in [-0.2, -0.15) is 13.2 Å². The van der Waals surface area contributed by atoms with Crippen LogP contribution in [0.15, 0.2) is 72.8 Å². The molecule has 0 heterocycles. The van der Waals surface area contributed by atoms with Gasteiger partial charge < -0.3 is 48.5 Å². The van der Waals surface area contributed by atoms with Gasteiger partial charge in [0.2, 0.25) is 0 Å². The maximum absolute atomic E-state index is 13.1. The molecule has 0 atom stereocenters. The van der Waals surface area contributed by atoms with Crippen LogP contribution in [0, 0.1) is 0 Å². The van der Waals surface area contributed by atoms with E-state index in [-0.39, 0.29) is 43.6 Å². The average molecular weight is 765 g/mol. The SMILES string of the molecule is CCCCNc1ccc(C(=O)OCCOCCOCCOCCOCCOCCOCCOC(=O)c2ccccc2Nc2cccc(C(F)(F)F)c2)cc1. The standard InChI is InChI=1S/C39H51F3N2O10/c1-2-3-15-43-33-13-11-31(12-14-33)37(45)53-28-26-51-24-22-49-20-18-47-16-17-48-19-21-50-23-25-52-27-29-54-38(46)35-9-4-5-10-36(35)44-34-8-6-7-32(30-34)39(40,41)42/h4-14,30,43-44H,2-3,15-29H2,1H3. The van der Waals surface area contributed by atoms with Crippen LogP contribution in [0.1, 0.15) is 46.0 Å². The lowest BCUT2D eigenvalue weighted by Gasteiger charge is -2.13. The van der Waals surface area contributed by atoms with Crippen molar-refractivity contribution in [3.63, 3.8) is 0 Å². The molecule has 0 bridgehead atoms. The van der Waals surface area contributed by atoms with Crippen molar-refractivity contribution in [3.05, 3.63) is 89.5 Å². The fraction of sp³-hybridized carbons (Fsp3) is 0.487. The van der Waals surface area contributed by atoms with Crippen LogP contribution in [0.5, 0.6) is 0 Å². The molecule has 298 valence electrons. The van der Waals surface area contributed by atoms with Crippen LogP contribution in [0.3, 0.4) is 0 Å². The molecule has 0 saturated carbocycles. The monoisotopic (exact) mass is 764 g/mol. The van der Waals surface area contributed by atoms with Gasteiger partial charge in [-0.3, -0.25) is 0 Å². The third kappa shape index (κ3) is 18.7. The number of carbonyl (C=O) groups excluding carboxylic acids is 2. The molecule has 3 aromatic carbocycles. The minimum atomic E-state index is -4.48. The molecule has 15 heteroatoms. The first kappa shape index (κ1) is 44.1. The van der Waals surface area contributed by atoms with Gasteiger partial charge in [0.25, 0.3) is 0 Å². The van der Waals surface area contributed by atoms with Crippen molar-refractivity contribution in [3.8, 4) is 0 Å². The van der Waals surface area contributed by atoms with Gasteiger partial charge >= 0.3 is 18.1 Å². The molecule has 0 saturated heterocycles. The van der Waals surface area contributed by atoms with Crippen molar-refractivity contribution < 1.29 is 60.7 Å². The summed E-state index contributed by atoms with van der Waals surface area (Å²) in [5.74, 6) is -1.02. The number of rotatable bonds is 29. The normalized spacial score (nSPS) is 11.3. The number of ether oxygens (including phenoxy) is 8. The Bertz CT molecular complexity index is 1480. The lowest BCUT2D eigenvalue weighted by Crippen LogP contribution is -2.16. The molecule has 0 fully saturated rings. The summed E-state index contributed by atoms with van der Waals surface area (Å²) in [4.78, 5) is 24.7. The summed E-state index contributed by atoms with van der Waals surface area (Å²) in [6.45, 7) is 7.43. The van der Waals surface area contributed by atoms with Crippen LogP contribution in [0.2, 0.25) is 0 Å². The number of esters is 2. The topological polar surface area (TPSA) is 132 Å². The van der Waals surface area contributed by atoms with Gasteiger partial charge in [-0.1, -0.05) is 31.5 Å². The van der Waals surface area contributed by atoms with E-state index in [2.05, 4.69) is 17.6 Å². The van der Waals surface area contributed by atoms with E-state index in [1.165, 1.54) is 18.2 Å². The summed E-state index contributed by atoms with van der Waals surface area (Å²) in [5.41, 5.74) is 1.37. The first-order chi connectivity index (χ1) is 26.3. The van der Waals surface area contributed by atoms with E-state index in [0.717, 1.165) is 37.2 Å². The molecule has 0 aliphatic heterocycles. The molecule has 0 amide bonds. The highest BCUT2D eigenvalue weighted by atomic mass is 19.4. The average Bonchev–Trinajstić information content (AvgIpc) is 3.17. The third-order valence-electron chi connectivity index (χ3n) is 7.38. The lowest BCUT2D eigenvalue weighted by molar-refractivity contribution is -0.137. The van der Waals surface area contributed by atoms with Crippen LogP contribution in [0.4, 0.5) is 30.2 Å². The van der Waals surface area contributed by atoms with Crippen molar-refractivity contribution in [2.75, 3.05) is 110 Å². The number of alkyl halides is 3. The van der Waals surface area contributed by atoms with Crippen LogP contribution in [-0.2, 0) is 44.1 Å². The Hall–Kier alpha value is -4.25. The number of nitrogens with one attached hydrogen (secondary N) is 2. The predicted molar refractivity (Wildman–Crippen MR) is 196 cm³/mol. The smallest absolute Gasteiger partial charge is 0.416 e. The van der Waals surface area contributed by atoms with Crippen molar-refractivity contribution in [2.45, 2.75) is 25.9 Å². The Balaban J connectivity index is 1.06. The summed E-state index contributed by atoms with van der Waals surface area (Å²) in [5, 5.41) is 6.16. The molecule has 0 aromatic heterocycles. The van der Waals surface area contributed by atoms with E-state index in [4.69, 9.17) is 37.9 Å². The van der Waals surface area contributed by atoms with E-state index in [1.807, 2.05) is 12.1 Å². The molecule has 3 rings (SSSR count). The Kier molecular flexibility index (Phi) is 21.7. The molecule has 0 aliphatic carbocycles. The Morgan fingerprint density at radius 2 is 1.07 bits per heavy atom. The Morgan fingerprint density at radius 3 is 1.59 bits per heavy atom. The van der Waals surface area contributed by atoms with E-state index in [0.29, 0.717) is 77.3 Å². The zero-order valence-corrected chi connectivity index (χ0v) is 30.7. The first-order valence-corrected chi connectivity index (χ1v) is 18.0. The number of benzene rings is 3. The van der Waals surface area contributed by atoms with E-state index in [1.54, 1.807) is 30.3 Å². The van der Waals surface area contributed by atoms with E-state index >= 15 is 0 Å². The van der Waals surface area contributed by atoms with Gasteiger partial charge in [0.15, 0.2) is 0 Å². The van der Waals surface area contributed by atoms with Crippen molar-refractivity contribution >= 4 is 29.0 Å². The molecule has 12 nitrogen and oxygen atoms in total.